The smallest absolute Gasteiger partial charge is 0.106 e. The Balaban J connectivity index is -0.000000124. The Morgan fingerprint density at radius 1 is 1.00 bits per heavy atom. The van der Waals surface area contributed by atoms with Gasteiger partial charge in [0.15, 0.2) is 0 Å². The zero-order valence-electron chi connectivity index (χ0n) is 24.3. The summed E-state index contributed by atoms with van der Waals surface area (Å²) >= 11 is 0. The summed E-state index contributed by atoms with van der Waals surface area (Å²) in [4.78, 5) is 12.4. The van der Waals surface area contributed by atoms with Gasteiger partial charge in [-0.3, -0.25) is 15.0 Å². The topological polar surface area (TPSA) is 75.1 Å². The van der Waals surface area contributed by atoms with Crippen LogP contribution in [-0.4, -0.2) is 37.3 Å². The SMILES string of the molecule is C=C(N)C(C)C.C=CCC(C)=NCC.C=CCCNC(=C)C(=NC=C)C(C)=NC.CC.CCC. The summed E-state index contributed by atoms with van der Waals surface area (Å²) in [5.74, 6) is 0.435. The number of nitrogens with one attached hydrogen (secondary N) is 1. The lowest BCUT2D eigenvalue weighted by molar-refractivity contribution is 0.761. The van der Waals surface area contributed by atoms with Gasteiger partial charge in [-0.25, -0.2) is 0 Å². The van der Waals surface area contributed by atoms with E-state index in [0.717, 1.165) is 48.7 Å². The standard InChI is InChI=1S/C12H19N3.C7H13N.C5H11N.C3H8.C2H6/c1-6-8-9-15-11(4)12(14-7-2)10(3)13-5;1-4-6-7(3)8-5-2;1-4(2)5(3)6;1-3-2;1-2/h6-7,15H,1-2,4,8-9H2,3,5H3;4H,1,5-6H2,2-3H3;4H,3,6H2,1-2H3;3H2,1-2H3;1-2H3. The molecule has 0 atom stereocenters. The average Bonchev–Trinajstić information content (AvgIpc) is 2.80. The number of allylic oxidation sites excluding steroid dienone is 3. The van der Waals surface area contributed by atoms with Gasteiger partial charge in [-0.15, -0.1) is 13.2 Å². The summed E-state index contributed by atoms with van der Waals surface area (Å²) in [5.41, 5.74) is 9.52. The molecule has 5 nitrogen and oxygen atoms in total. The van der Waals surface area contributed by atoms with Gasteiger partial charge in [-0.1, -0.05) is 79.9 Å². The van der Waals surface area contributed by atoms with E-state index in [0.29, 0.717) is 5.92 Å². The van der Waals surface area contributed by atoms with Crippen LogP contribution in [0.2, 0.25) is 0 Å². The molecular formula is C29H57N5. The second kappa shape index (κ2) is 34.9. The molecular weight excluding hydrogens is 418 g/mol. The molecule has 0 heterocycles. The third kappa shape index (κ3) is 36.7. The number of nitrogens with two attached hydrogens (primary N) is 1. The molecule has 0 radical (unpaired) electrons. The van der Waals surface area contributed by atoms with E-state index >= 15 is 0 Å². The molecule has 0 unspecified atom stereocenters. The molecule has 0 saturated heterocycles. The van der Waals surface area contributed by atoms with E-state index in [1.54, 1.807) is 7.05 Å². The molecule has 3 N–H and O–H groups in total. The molecule has 5 heteroatoms. The van der Waals surface area contributed by atoms with Crippen molar-refractivity contribution in [1.82, 2.24) is 5.32 Å². The van der Waals surface area contributed by atoms with Crippen LogP contribution in [0.25, 0.3) is 0 Å². The fourth-order valence-corrected chi connectivity index (χ4v) is 1.54. The van der Waals surface area contributed by atoms with Gasteiger partial charge in [-0.2, -0.15) is 0 Å². The van der Waals surface area contributed by atoms with Crippen LogP contribution in [0.1, 0.15) is 81.6 Å². The summed E-state index contributed by atoms with van der Waals surface area (Å²) in [6, 6.07) is 0. The third-order valence-corrected chi connectivity index (χ3v) is 3.48. The molecule has 198 valence electrons. The second-order valence-corrected chi connectivity index (χ2v) is 7.09. The van der Waals surface area contributed by atoms with Crippen molar-refractivity contribution in [3.05, 3.63) is 62.6 Å². The Morgan fingerprint density at radius 2 is 1.47 bits per heavy atom. The minimum atomic E-state index is 0.435. The molecule has 0 aromatic heterocycles. The van der Waals surface area contributed by atoms with Crippen molar-refractivity contribution < 1.29 is 0 Å². The Hall–Kier alpha value is -2.69. The summed E-state index contributed by atoms with van der Waals surface area (Å²) < 4.78 is 0. The molecule has 0 rings (SSSR count). The maximum atomic E-state index is 5.24. The molecule has 0 saturated carbocycles. The fraction of sp³-hybridized carbons (Fsp3) is 0.552. The van der Waals surface area contributed by atoms with Crippen LogP contribution < -0.4 is 11.1 Å². The second-order valence-electron chi connectivity index (χ2n) is 7.09. The van der Waals surface area contributed by atoms with Crippen LogP contribution in [0.4, 0.5) is 0 Å². The average molecular weight is 476 g/mol. The predicted octanol–water partition coefficient (Wildman–Crippen LogP) is 7.94. The fourth-order valence-electron chi connectivity index (χ4n) is 1.54. The van der Waals surface area contributed by atoms with Crippen molar-refractivity contribution in [2.45, 2.75) is 81.6 Å². The summed E-state index contributed by atoms with van der Waals surface area (Å²) in [5, 5.41) is 3.16. The van der Waals surface area contributed by atoms with Crippen molar-refractivity contribution >= 4 is 17.1 Å². The van der Waals surface area contributed by atoms with Gasteiger partial charge in [0.25, 0.3) is 0 Å². The third-order valence-electron chi connectivity index (χ3n) is 3.48. The van der Waals surface area contributed by atoms with Crippen molar-refractivity contribution in [2.24, 2.45) is 26.6 Å². The normalized spacial score (nSPS) is 10.4. The number of rotatable bonds is 11. The van der Waals surface area contributed by atoms with Gasteiger partial charge in [0.2, 0.25) is 0 Å². The van der Waals surface area contributed by atoms with E-state index in [4.69, 9.17) is 5.73 Å². The van der Waals surface area contributed by atoms with Crippen LogP contribution in [0.3, 0.4) is 0 Å². The van der Waals surface area contributed by atoms with E-state index in [2.05, 4.69) is 67.0 Å². The predicted molar refractivity (Wildman–Crippen MR) is 163 cm³/mol. The highest BCUT2D eigenvalue weighted by molar-refractivity contribution is 6.47. The number of nitrogens with zero attached hydrogens (tertiary/aromatic N) is 3. The van der Waals surface area contributed by atoms with Gasteiger partial charge in [-0.05, 0) is 33.1 Å². The van der Waals surface area contributed by atoms with E-state index < -0.39 is 0 Å². The maximum absolute atomic E-state index is 5.24. The number of aliphatic imine (C=N–C) groups is 3. The van der Waals surface area contributed by atoms with Gasteiger partial charge in [0.1, 0.15) is 5.71 Å². The first kappa shape index (κ1) is 41.6. The highest BCUT2D eigenvalue weighted by Gasteiger charge is 2.06. The Kier molecular flexibility index (Phi) is 42.7. The maximum Gasteiger partial charge on any atom is 0.106 e. The minimum Gasteiger partial charge on any atom is -0.402 e. The number of hydrogen-bond acceptors (Lipinski definition) is 5. The Morgan fingerprint density at radius 3 is 1.76 bits per heavy atom. The van der Waals surface area contributed by atoms with E-state index in [9.17, 15) is 0 Å². The van der Waals surface area contributed by atoms with Crippen LogP contribution in [-0.2, 0) is 0 Å². The summed E-state index contributed by atoms with van der Waals surface area (Å²) in [6.45, 7) is 38.2. The zero-order valence-corrected chi connectivity index (χ0v) is 24.3. The quantitative estimate of drug-likeness (QED) is 0.181. The molecule has 0 bridgehead atoms. The van der Waals surface area contributed by atoms with Crippen LogP contribution in [0, 0.1) is 5.92 Å². The monoisotopic (exact) mass is 475 g/mol. The van der Waals surface area contributed by atoms with Crippen molar-refractivity contribution in [2.75, 3.05) is 20.1 Å². The Bertz CT molecular complexity index is 608. The molecule has 0 amide bonds. The molecule has 0 aromatic carbocycles. The first-order valence-corrected chi connectivity index (χ1v) is 12.3. The van der Waals surface area contributed by atoms with Crippen LogP contribution >= 0.6 is 0 Å². The molecule has 0 aliphatic heterocycles. The summed E-state index contributed by atoms with van der Waals surface area (Å²) in [7, 11) is 1.73. The zero-order chi connectivity index (χ0) is 27.9. The number of hydrogen-bond donors (Lipinski definition) is 2. The van der Waals surface area contributed by atoms with Crippen LogP contribution in [0.5, 0.6) is 0 Å². The molecule has 0 aliphatic carbocycles. The largest absolute Gasteiger partial charge is 0.402 e. The first-order valence-electron chi connectivity index (χ1n) is 12.3. The molecule has 0 fully saturated rings. The van der Waals surface area contributed by atoms with Crippen molar-refractivity contribution in [3.8, 4) is 0 Å². The molecule has 0 spiro atoms. The Labute approximate surface area is 213 Å². The lowest BCUT2D eigenvalue weighted by Crippen LogP contribution is -2.25. The van der Waals surface area contributed by atoms with Gasteiger partial charge >= 0.3 is 0 Å². The lowest BCUT2D eigenvalue weighted by atomic mass is 10.2. The van der Waals surface area contributed by atoms with E-state index in [1.807, 2.05) is 60.6 Å². The van der Waals surface area contributed by atoms with Crippen molar-refractivity contribution in [1.29, 1.82) is 0 Å². The van der Waals surface area contributed by atoms with Crippen molar-refractivity contribution in [3.63, 3.8) is 0 Å². The minimum absolute atomic E-state index is 0.435. The summed E-state index contributed by atoms with van der Waals surface area (Å²) in [6.07, 6.45) is 8.28. The van der Waals surface area contributed by atoms with Gasteiger partial charge in [0.05, 0.1) is 11.4 Å². The highest BCUT2D eigenvalue weighted by atomic mass is 14.9. The van der Waals surface area contributed by atoms with Crippen LogP contribution in [0.15, 0.2) is 77.6 Å². The molecule has 0 aromatic rings. The molecule has 0 aliphatic rings. The van der Waals surface area contributed by atoms with Gasteiger partial charge in [0, 0.05) is 44.2 Å². The highest BCUT2D eigenvalue weighted by Crippen LogP contribution is 1.97. The molecule has 34 heavy (non-hydrogen) atoms. The van der Waals surface area contributed by atoms with E-state index in [1.165, 1.54) is 18.3 Å². The first-order chi connectivity index (χ1) is 16.0. The van der Waals surface area contributed by atoms with Gasteiger partial charge < -0.3 is 11.1 Å². The lowest BCUT2D eigenvalue weighted by Gasteiger charge is -2.10. The van der Waals surface area contributed by atoms with E-state index in [-0.39, 0.29) is 0 Å².